The van der Waals surface area contributed by atoms with E-state index in [4.69, 9.17) is 4.42 Å². The van der Waals surface area contributed by atoms with Gasteiger partial charge in [0.2, 0.25) is 0 Å². The lowest BCUT2D eigenvalue weighted by molar-refractivity contribution is -0.147. The van der Waals surface area contributed by atoms with E-state index in [1.165, 1.54) is 18.2 Å². The van der Waals surface area contributed by atoms with Crippen LogP contribution in [-0.4, -0.2) is 58.6 Å². The molecule has 0 aromatic heterocycles. The van der Waals surface area contributed by atoms with Gasteiger partial charge in [-0.3, -0.25) is 14.4 Å². The van der Waals surface area contributed by atoms with Crippen LogP contribution in [0, 0.1) is 0 Å². The lowest BCUT2D eigenvalue weighted by atomic mass is 9.87. The quantitative estimate of drug-likeness (QED) is 0.312. The number of nitrogens with zero attached hydrogens (tertiary/aromatic N) is 2. The van der Waals surface area contributed by atoms with Crippen LogP contribution >= 0.6 is 0 Å². The number of hydrogen-bond donors (Lipinski definition) is 1. The average Bonchev–Trinajstić information content (AvgIpc) is 2.97. The number of halogens is 1. The van der Waals surface area contributed by atoms with Crippen molar-refractivity contribution in [1.82, 2.24) is 9.80 Å². The molecule has 7 nitrogen and oxygen atoms in total. The molecule has 2 aliphatic heterocycles. The molecule has 0 radical (unpaired) electrons. The summed E-state index contributed by atoms with van der Waals surface area (Å²) in [5, 5.41) is 10.8. The van der Waals surface area contributed by atoms with Gasteiger partial charge in [-0.25, -0.2) is 4.39 Å². The molecule has 8 heteroatoms. The maximum absolute atomic E-state index is 15.7. The second-order valence-electron chi connectivity index (χ2n) is 11.2. The Morgan fingerprint density at radius 3 is 2.24 bits per heavy atom. The summed E-state index contributed by atoms with van der Waals surface area (Å²) in [5.74, 6) is -0.237. The second kappa shape index (κ2) is 11.0. The molecule has 0 unspecified atom stereocenters. The minimum Gasteiger partial charge on any atom is -0.508 e. The molecule has 2 amide bonds. The summed E-state index contributed by atoms with van der Waals surface area (Å²) in [6, 6.07) is 16.6. The minimum absolute atomic E-state index is 0.0241. The molecular formula is C33H33FN2O5. The van der Waals surface area contributed by atoms with E-state index >= 15 is 4.39 Å². The summed E-state index contributed by atoms with van der Waals surface area (Å²) in [4.78, 5) is 42.6. The molecule has 1 saturated heterocycles. The summed E-state index contributed by atoms with van der Waals surface area (Å²) >= 11 is 0. The van der Waals surface area contributed by atoms with Gasteiger partial charge in [0.05, 0.1) is 0 Å². The van der Waals surface area contributed by atoms with Crippen molar-refractivity contribution in [2.45, 2.75) is 50.6 Å². The lowest BCUT2D eigenvalue weighted by Crippen LogP contribution is -2.55. The van der Waals surface area contributed by atoms with Gasteiger partial charge in [-0.05, 0) is 61.6 Å². The molecule has 2 aromatic carbocycles. The molecule has 2 aromatic rings. The van der Waals surface area contributed by atoms with Gasteiger partial charge in [-0.1, -0.05) is 37.5 Å². The summed E-state index contributed by atoms with van der Waals surface area (Å²) in [7, 11) is 0. The zero-order valence-corrected chi connectivity index (χ0v) is 22.9. The number of phenols is 1. The number of aromatic hydroxyl groups is 1. The number of fused-ring (bicyclic) bond motifs is 2. The lowest BCUT2D eigenvalue weighted by Gasteiger charge is -2.39. The van der Waals surface area contributed by atoms with Crippen molar-refractivity contribution in [3.63, 3.8) is 0 Å². The van der Waals surface area contributed by atoms with Crippen LogP contribution in [0.15, 0.2) is 69.9 Å². The van der Waals surface area contributed by atoms with E-state index in [0.29, 0.717) is 59.6 Å². The van der Waals surface area contributed by atoms with E-state index in [0.717, 1.165) is 37.7 Å². The van der Waals surface area contributed by atoms with Crippen molar-refractivity contribution in [2.24, 2.45) is 0 Å². The molecule has 6 rings (SSSR count). The average molecular weight is 557 g/mol. The molecule has 41 heavy (non-hydrogen) atoms. The van der Waals surface area contributed by atoms with E-state index in [9.17, 15) is 19.5 Å². The Morgan fingerprint density at radius 1 is 0.805 bits per heavy atom. The summed E-state index contributed by atoms with van der Waals surface area (Å²) in [6.07, 6.45) is 5.01. The van der Waals surface area contributed by atoms with Crippen LogP contribution in [0.4, 0.5) is 4.39 Å². The zero-order chi connectivity index (χ0) is 28.6. The first-order valence-corrected chi connectivity index (χ1v) is 14.4. The van der Waals surface area contributed by atoms with Crippen LogP contribution in [0.1, 0.15) is 55.3 Å². The smallest absolute Gasteiger partial charge is 0.260 e. The predicted octanol–water partition coefficient (Wildman–Crippen LogP) is 6.01. The molecule has 0 bridgehead atoms. The maximum atomic E-state index is 15.7. The van der Waals surface area contributed by atoms with Gasteiger partial charge >= 0.3 is 0 Å². The fraction of sp³-hybridized carbons (Fsp3) is 0.364. The standard InChI is InChI=1S/C33H33FN2O5/c34-33(14-6-2-1-3-7-15-33)32(40)36-18-16-35(17-19-36)31(39)25-9-5-4-8-24(25)30-26-12-10-22(37)20-28(26)41-29-21-23(38)11-13-27(29)30/h4-5,8-13,20-21,37H,1-3,6-7,14-19H2. The van der Waals surface area contributed by atoms with Crippen molar-refractivity contribution in [3.05, 3.63) is 76.5 Å². The zero-order valence-electron chi connectivity index (χ0n) is 22.9. The van der Waals surface area contributed by atoms with E-state index in [-0.39, 0.29) is 29.9 Å². The van der Waals surface area contributed by atoms with Crippen LogP contribution in [0.25, 0.3) is 33.4 Å². The number of rotatable bonds is 3. The van der Waals surface area contributed by atoms with E-state index in [1.54, 1.807) is 40.1 Å². The fourth-order valence-electron chi connectivity index (χ4n) is 6.28. The van der Waals surface area contributed by atoms with Gasteiger partial charge in [-0.2, -0.15) is 0 Å². The number of carbonyl (C=O) groups excluding carboxylic acids is 2. The van der Waals surface area contributed by atoms with E-state index < -0.39 is 11.6 Å². The summed E-state index contributed by atoms with van der Waals surface area (Å²) in [5.41, 5.74) is 0.914. The number of piperazine rings is 1. The number of alkyl halides is 1. The van der Waals surface area contributed by atoms with Crippen molar-refractivity contribution in [2.75, 3.05) is 26.2 Å². The topological polar surface area (TPSA) is 91.1 Å². The Morgan fingerprint density at radius 2 is 1.49 bits per heavy atom. The van der Waals surface area contributed by atoms with Gasteiger partial charge in [0.25, 0.3) is 11.8 Å². The Balaban J connectivity index is 1.30. The molecule has 0 atom stereocenters. The first kappa shape index (κ1) is 27.0. The number of phenolic OH excluding ortho intramolecular Hbond substituents is 1. The fourth-order valence-corrected chi connectivity index (χ4v) is 6.28. The van der Waals surface area contributed by atoms with Crippen molar-refractivity contribution in [3.8, 4) is 28.2 Å². The largest absolute Gasteiger partial charge is 0.508 e. The molecule has 1 saturated carbocycles. The second-order valence-corrected chi connectivity index (χ2v) is 11.2. The highest BCUT2D eigenvalue weighted by atomic mass is 19.1. The van der Waals surface area contributed by atoms with Crippen LogP contribution in [-0.2, 0) is 4.79 Å². The number of carbonyl (C=O) groups is 2. The molecule has 1 N–H and O–H groups in total. The molecule has 2 fully saturated rings. The molecule has 0 spiro atoms. The minimum atomic E-state index is -1.81. The Labute approximate surface area is 237 Å². The normalized spacial score (nSPS) is 17.8. The Bertz CT molecular complexity index is 1630. The van der Waals surface area contributed by atoms with Crippen LogP contribution in [0.2, 0.25) is 0 Å². The molecule has 2 aliphatic carbocycles. The van der Waals surface area contributed by atoms with Crippen molar-refractivity contribution < 1.29 is 23.5 Å². The highest BCUT2D eigenvalue weighted by Crippen LogP contribution is 2.42. The summed E-state index contributed by atoms with van der Waals surface area (Å²) in [6.45, 7) is 1.21. The maximum Gasteiger partial charge on any atom is 0.260 e. The third-order valence-corrected chi connectivity index (χ3v) is 8.49. The first-order valence-electron chi connectivity index (χ1n) is 14.4. The van der Waals surface area contributed by atoms with Gasteiger partial charge in [0.15, 0.2) is 11.1 Å². The molecule has 212 valence electrons. The van der Waals surface area contributed by atoms with E-state index in [2.05, 4.69) is 0 Å². The van der Waals surface area contributed by atoms with Gasteiger partial charge < -0.3 is 19.3 Å². The molecular weight excluding hydrogens is 523 g/mol. The summed E-state index contributed by atoms with van der Waals surface area (Å²) < 4.78 is 21.7. The van der Waals surface area contributed by atoms with Gasteiger partial charge in [0.1, 0.15) is 17.1 Å². The highest BCUT2D eigenvalue weighted by Gasteiger charge is 2.42. The first-order chi connectivity index (χ1) is 19.8. The predicted molar refractivity (Wildman–Crippen MR) is 155 cm³/mol. The monoisotopic (exact) mass is 556 g/mol. The number of amides is 2. The Kier molecular flexibility index (Phi) is 7.24. The van der Waals surface area contributed by atoms with Crippen LogP contribution in [0.5, 0.6) is 5.75 Å². The molecule has 2 heterocycles. The van der Waals surface area contributed by atoms with Crippen LogP contribution in [0.3, 0.4) is 0 Å². The van der Waals surface area contributed by atoms with Crippen LogP contribution < -0.4 is 5.43 Å². The van der Waals surface area contributed by atoms with Gasteiger partial charge in [0, 0.05) is 60.4 Å². The van der Waals surface area contributed by atoms with Crippen molar-refractivity contribution >= 4 is 22.8 Å². The SMILES string of the molecule is O=C(c1ccccc1-c1c2ccc(=O)cc-2oc2cc(O)ccc12)N1CCN(C(=O)C2(F)CCCCCCC2)CC1. The number of hydrogen-bond acceptors (Lipinski definition) is 5. The third-order valence-electron chi connectivity index (χ3n) is 8.49. The van der Waals surface area contributed by atoms with Gasteiger partial charge in [-0.15, -0.1) is 0 Å². The number of benzene rings is 3. The highest BCUT2D eigenvalue weighted by molar-refractivity contribution is 6.09. The third kappa shape index (κ3) is 5.19. The van der Waals surface area contributed by atoms with Crippen molar-refractivity contribution in [1.29, 1.82) is 0 Å². The molecule has 4 aliphatic rings. The van der Waals surface area contributed by atoms with E-state index in [1.807, 2.05) is 12.1 Å². The Hall–Kier alpha value is -4.20.